The van der Waals surface area contributed by atoms with Crippen LogP contribution in [0.4, 0.5) is 0 Å². The second kappa shape index (κ2) is 4.59. The van der Waals surface area contributed by atoms with E-state index in [1.807, 2.05) is 6.07 Å². The molecule has 1 aliphatic heterocycles. The van der Waals surface area contributed by atoms with Crippen LogP contribution < -0.4 is 5.43 Å². The number of hydrogen-bond donors (Lipinski definition) is 2. The van der Waals surface area contributed by atoms with E-state index >= 15 is 0 Å². The second-order valence-electron chi connectivity index (χ2n) is 4.97. The molecule has 1 aliphatic carbocycles. The van der Waals surface area contributed by atoms with Crippen LogP contribution in [0.15, 0.2) is 5.10 Å². The van der Waals surface area contributed by atoms with E-state index in [2.05, 4.69) is 10.5 Å². The van der Waals surface area contributed by atoms with Crippen LogP contribution in [0.2, 0.25) is 0 Å². The van der Waals surface area contributed by atoms with Gasteiger partial charge in [-0.3, -0.25) is 14.4 Å². The van der Waals surface area contributed by atoms with Crippen molar-refractivity contribution in [3.8, 4) is 6.07 Å². The Kier molecular flexibility index (Phi) is 3.21. The number of nitriles is 1. The minimum Gasteiger partial charge on any atom is -0.480 e. The summed E-state index contributed by atoms with van der Waals surface area (Å²) in [6.45, 7) is 1.35. The molecule has 8 heteroatoms. The van der Waals surface area contributed by atoms with Crippen LogP contribution in [0.25, 0.3) is 0 Å². The molecule has 1 saturated carbocycles. The Bertz CT molecular complexity index is 558. The summed E-state index contributed by atoms with van der Waals surface area (Å²) in [6.07, 6.45) is 0.678. The molecule has 1 heterocycles. The zero-order valence-electron chi connectivity index (χ0n) is 10.8. The van der Waals surface area contributed by atoms with E-state index in [0.717, 1.165) is 0 Å². The predicted octanol–water partition coefficient (Wildman–Crippen LogP) is -0.0573. The van der Waals surface area contributed by atoms with E-state index < -0.39 is 28.9 Å². The lowest BCUT2D eigenvalue weighted by atomic mass is 9.95. The Morgan fingerprint density at radius 2 is 2.20 bits per heavy atom. The van der Waals surface area contributed by atoms with Gasteiger partial charge in [0.25, 0.3) is 5.91 Å². The molecule has 1 atom stereocenters. The lowest BCUT2D eigenvalue weighted by Crippen LogP contribution is -2.48. The molecule has 1 unspecified atom stereocenters. The average molecular weight is 279 g/mol. The lowest BCUT2D eigenvalue weighted by Gasteiger charge is -2.24. The van der Waals surface area contributed by atoms with Crippen LogP contribution in [0.3, 0.4) is 0 Å². The Hall–Kier alpha value is -2.43. The van der Waals surface area contributed by atoms with Gasteiger partial charge in [-0.15, -0.1) is 0 Å². The molecule has 20 heavy (non-hydrogen) atoms. The van der Waals surface area contributed by atoms with E-state index in [9.17, 15) is 14.4 Å². The maximum atomic E-state index is 12.0. The van der Waals surface area contributed by atoms with Crippen molar-refractivity contribution >= 4 is 23.6 Å². The summed E-state index contributed by atoms with van der Waals surface area (Å²) >= 11 is 0. The highest BCUT2D eigenvalue weighted by Crippen LogP contribution is 2.48. The predicted molar refractivity (Wildman–Crippen MR) is 64.2 cm³/mol. The molecule has 0 aromatic rings. The van der Waals surface area contributed by atoms with Crippen LogP contribution >= 0.6 is 0 Å². The van der Waals surface area contributed by atoms with Crippen LogP contribution in [0.1, 0.15) is 32.6 Å². The highest BCUT2D eigenvalue weighted by molar-refractivity contribution is 6.17. The van der Waals surface area contributed by atoms with E-state index in [1.165, 1.54) is 6.92 Å². The highest BCUT2D eigenvalue weighted by atomic mass is 16.6. The third kappa shape index (κ3) is 2.01. The fraction of sp³-hybridized carbons (Fsp3) is 0.583. The van der Waals surface area contributed by atoms with Crippen molar-refractivity contribution in [2.24, 2.45) is 10.5 Å². The number of rotatable bonds is 5. The van der Waals surface area contributed by atoms with Crippen molar-refractivity contribution in [1.82, 2.24) is 5.43 Å². The number of hydrazone groups is 1. The number of carbonyl (C=O) groups excluding carboxylic acids is 2. The first-order valence-corrected chi connectivity index (χ1v) is 6.08. The van der Waals surface area contributed by atoms with Gasteiger partial charge in [-0.2, -0.15) is 10.4 Å². The molecule has 0 saturated heterocycles. The molecule has 0 aromatic heterocycles. The van der Waals surface area contributed by atoms with Gasteiger partial charge in [0, 0.05) is 12.8 Å². The van der Waals surface area contributed by atoms with Crippen molar-refractivity contribution in [2.75, 3.05) is 0 Å². The molecular weight excluding hydrogens is 266 g/mol. The zero-order valence-corrected chi connectivity index (χ0v) is 10.8. The van der Waals surface area contributed by atoms with Crippen molar-refractivity contribution in [1.29, 1.82) is 5.26 Å². The van der Waals surface area contributed by atoms with Crippen LogP contribution in [0, 0.1) is 16.7 Å². The van der Waals surface area contributed by atoms with Crippen molar-refractivity contribution in [2.45, 2.75) is 38.2 Å². The molecule has 1 amide bonds. The number of ether oxygens (including phenoxy) is 1. The molecule has 2 aliphatic rings. The third-order valence-corrected chi connectivity index (χ3v) is 3.60. The van der Waals surface area contributed by atoms with Gasteiger partial charge in [-0.25, -0.2) is 5.43 Å². The van der Waals surface area contributed by atoms with Crippen LogP contribution in [-0.2, 0) is 19.1 Å². The largest absolute Gasteiger partial charge is 0.480 e. The second-order valence-corrected chi connectivity index (χ2v) is 4.97. The first-order valence-electron chi connectivity index (χ1n) is 6.08. The number of nitrogens with one attached hydrogen (secondary N) is 1. The van der Waals surface area contributed by atoms with Crippen molar-refractivity contribution in [3.05, 3.63) is 0 Å². The Morgan fingerprint density at radius 1 is 1.55 bits per heavy atom. The number of carboxylic acid groups (broad SMARTS) is 1. The number of aliphatic carboxylic acids is 1. The Balaban J connectivity index is 2.16. The molecule has 2 N–H and O–H groups in total. The number of carboxylic acids is 1. The SMILES string of the molecule is CC1(OC(=O)C2(C(=O)O)CC2)C(=O)NN=C1CCC#N. The molecule has 1 fully saturated rings. The van der Waals surface area contributed by atoms with Gasteiger partial charge in [0.05, 0.1) is 11.8 Å². The number of amides is 1. The molecule has 106 valence electrons. The van der Waals surface area contributed by atoms with Gasteiger partial charge < -0.3 is 9.84 Å². The van der Waals surface area contributed by atoms with Gasteiger partial charge in [0.2, 0.25) is 5.60 Å². The fourth-order valence-corrected chi connectivity index (χ4v) is 1.95. The number of hydrogen-bond acceptors (Lipinski definition) is 6. The Labute approximate surface area is 114 Å². The van der Waals surface area contributed by atoms with E-state index in [-0.39, 0.29) is 31.4 Å². The first kappa shape index (κ1) is 14.0. The fourth-order valence-electron chi connectivity index (χ4n) is 1.95. The lowest BCUT2D eigenvalue weighted by molar-refractivity contribution is -0.170. The quantitative estimate of drug-likeness (QED) is 0.536. The monoisotopic (exact) mass is 279 g/mol. The van der Waals surface area contributed by atoms with Gasteiger partial charge >= 0.3 is 11.9 Å². The van der Waals surface area contributed by atoms with Crippen LogP contribution in [0.5, 0.6) is 0 Å². The van der Waals surface area contributed by atoms with Gasteiger partial charge in [0.15, 0.2) is 5.41 Å². The molecule has 8 nitrogen and oxygen atoms in total. The zero-order chi connectivity index (χ0) is 15.0. The molecule has 0 spiro atoms. The molecule has 0 radical (unpaired) electrons. The summed E-state index contributed by atoms with van der Waals surface area (Å²) in [7, 11) is 0. The van der Waals surface area contributed by atoms with Gasteiger partial charge in [-0.05, 0) is 19.8 Å². The average Bonchev–Trinajstić information content (AvgIpc) is 3.15. The summed E-state index contributed by atoms with van der Waals surface area (Å²) in [5.41, 5.74) is -0.764. The van der Waals surface area contributed by atoms with Gasteiger partial charge in [-0.1, -0.05) is 0 Å². The summed E-state index contributed by atoms with van der Waals surface area (Å²) in [5, 5.41) is 21.3. The highest BCUT2D eigenvalue weighted by Gasteiger charge is 2.61. The van der Waals surface area contributed by atoms with Gasteiger partial charge in [0.1, 0.15) is 0 Å². The standard InChI is InChI=1S/C12H13N3O5/c1-11(7(3-2-6-13)14-15-8(11)16)20-10(19)12(4-5-12)9(17)18/h2-5H2,1H3,(H,15,16)(H,17,18). The first-order chi connectivity index (χ1) is 9.36. The molecule has 0 aromatic carbocycles. The smallest absolute Gasteiger partial charge is 0.324 e. The number of esters is 1. The molecule has 0 bridgehead atoms. The minimum atomic E-state index is -1.64. The van der Waals surface area contributed by atoms with Crippen molar-refractivity contribution < 1.29 is 24.2 Å². The summed E-state index contributed by atoms with van der Waals surface area (Å²) in [4.78, 5) is 34.8. The minimum absolute atomic E-state index is 0.116. The third-order valence-electron chi connectivity index (χ3n) is 3.60. The Morgan fingerprint density at radius 3 is 2.70 bits per heavy atom. The molecule has 2 rings (SSSR count). The molecular formula is C12H13N3O5. The van der Waals surface area contributed by atoms with E-state index in [0.29, 0.717) is 0 Å². The summed E-state index contributed by atoms with van der Waals surface area (Å²) < 4.78 is 5.14. The maximum absolute atomic E-state index is 12.0. The topological polar surface area (TPSA) is 129 Å². The number of nitrogens with zero attached hydrogens (tertiary/aromatic N) is 2. The number of carbonyl (C=O) groups is 3. The summed E-state index contributed by atoms with van der Waals surface area (Å²) in [6, 6.07) is 1.91. The van der Waals surface area contributed by atoms with Crippen LogP contribution in [-0.4, -0.2) is 34.3 Å². The maximum Gasteiger partial charge on any atom is 0.324 e. The van der Waals surface area contributed by atoms with E-state index in [1.54, 1.807) is 0 Å². The van der Waals surface area contributed by atoms with Crippen molar-refractivity contribution in [3.63, 3.8) is 0 Å². The normalized spacial score (nSPS) is 26.2. The van der Waals surface area contributed by atoms with E-state index in [4.69, 9.17) is 15.1 Å². The summed E-state index contributed by atoms with van der Waals surface area (Å²) in [5.74, 6) is -2.82.